The van der Waals surface area contributed by atoms with Crippen LogP contribution in [-0.4, -0.2) is 16.7 Å². The highest BCUT2D eigenvalue weighted by Gasteiger charge is 2.39. The maximum atomic E-state index is 12.8. The molecule has 0 aliphatic heterocycles. The Labute approximate surface area is 137 Å². The zero-order chi connectivity index (χ0) is 16.8. The van der Waals surface area contributed by atoms with Gasteiger partial charge < -0.3 is 5.11 Å². The van der Waals surface area contributed by atoms with E-state index in [-0.39, 0.29) is 22.9 Å². The Morgan fingerprint density at radius 2 is 1.43 bits per heavy atom. The summed E-state index contributed by atoms with van der Waals surface area (Å²) < 4.78 is 0. The standard InChI is InChI=1S/C20H24O3/c1-20(2,3)13-10-8-12(9-11-13)16-17(21)14-6-4-5-7-15(14)18(22)19(16)23/h4-7,12-13,23H,8-11H2,1-3H3/t12-,13-. The van der Waals surface area contributed by atoms with Crippen molar-refractivity contribution in [2.24, 2.45) is 17.3 Å². The Morgan fingerprint density at radius 3 is 1.96 bits per heavy atom. The average molecular weight is 312 g/mol. The van der Waals surface area contributed by atoms with Gasteiger partial charge in [-0.25, -0.2) is 0 Å². The number of ketones is 2. The zero-order valence-corrected chi connectivity index (χ0v) is 14.1. The number of fused-ring (bicyclic) bond motifs is 1. The van der Waals surface area contributed by atoms with Crippen LogP contribution in [0.2, 0.25) is 0 Å². The Hall–Kier alpha value is -1.90. The summed E-state index contributed by atoms with van der Waals surface area (Å²) in [6, 6.07) is 6.78. The normalized spacial score (nSPS) is 25.5. The summed E-state index contributed by atoms with van der Waals surface area (Å²) in [5.41, 5.74) is 1.37. The first-order valence-electron chi connectivity index (χ1n) is 8.42. The highest BCUT2D eigenvalue weighted by Crippen LogP contribution is 2.43. The first kappa shape index (κ1) is 16.0. The van der Waals surface area contributed by atoms with Crippen molar-refractivity contribution in [3.8, 4) is 0 Å². The maximum absolute atomic E-state index is 12.8. The molecule has 3 heteroatoms. The van der Waals surface area contributed by atoms with Gasteiger partial charge in [0.25, 0.3) is 0 Å². The molecule has 3 nitrogen and oxygen atoms in total. The molecule has 2 aliphatic rings. The summed E-state index contributed by atoms with van der Waals surface area (Å²) in [5, 5.41) is 10.3. The third-order valence-corrected chi connectivity index (χ3v) is 5.49. The summed E-state index contributed by atoms with van der Waals surface area (Å²) >= 11 is 0. The average Bonchev–Trinajstić information content (AvgIpc) is 2.53. The quantitative estimate of drug-likeness (QED) is 0.815. The van der Waals surface area contributed by atoms with Crippen LogP contribution in [0.4, 0.5) is 0 Å². The molecule has 0 aromatic heterocycles. The van der Waals surface area contributed by atoms with Gasteiger partial charge in [0, 0.05) is 16.7 Å². The molecule has 1 saturated carbocycles. The van der Waals surface area contributed by atoms with Gasteiger partial charge in [-0.05, 0) is 42.9 Å². The van der Waals surface area contributed by atoms with Crippen molar-refractivity contribution in [2.45, 2.75) is 46.5 Å². The molecule has 0 radical (unpaired) electrons. The first-order chi connectivity index (χ1) is 10.8. The number of carbonyl (C=O) groups is 2. The lowest BCUT2D eigenvalue weighted by Crippen LogP contribution is -2.31. The predicted octanol–water partition coefficient (Wildman–Crippen LogP) is 4.73. The van der Waals surface area contributed by atoms with Gasteiger partial charge in [0.05, 0.1) is 0 Å². The summed E-state index contributed by atoms with van der Waals surface area (Å²) in [7, 11) is 0. The third kappa shape index (κ3) is 2.73. The largest absolute Gasteiger partial charge is 0.504 e. The van der Waals surface area contributed by atoms with Gasteiger partial charge in [-0.1, -0.05) is 45.0 Å². The second-order valence-corrected chi connectivity index (χ2v) is 7.88. The van der Waals surface area contributed by atoms with Crippen molar-refractivity contribution >= 4 is 11.6 Å². The van der Waals surface area contributed by atoms with E-state index in [2.05, 4.69) is 20.8 Å². The van der Waals surface area contributed by atoms with E-state index in [1.807, 2.05) is 0 Å². The van der Waals surface area contributed by atoms with Crippen molar-refractivity contribution in [1.82, 2.24) is 0 Å². The highest BCUT2D eigenvalue weighted by atomic mass is 16.3. The molecule has 0 saturated heterocycles. The van der Waals surface area contributed by atoms with Crippen LogP contribution in [0.3, 0.4) is 0 Å². The van der Waals surface area contributed by atoms with E-state index in [0.29, 0.717) is 22.6 Å². The Kier molecular flexibility index (Phi) is 3.91. The molecule has 0 spiro atoms. The lowest BCUT2D eigenvalue weighted by molar-refractivity contribution is 0.0903. The predicted molar refractivity (Wildman–Crippen MR) is 89.7 cm³/mol. The number of Topliss-reactive ketones (excluding diaryl/α,β-unsaturated/α-hetero) is 2. The van der Waals surface area contributed by atoms with Gasteiger partial charge in [-0.15, -0.1) is 0 Å². The lowest BCUT2D eigenvalue weighted by Gasteiger charge is -2.38. The molecule has 1 aromatic rings. The lowest BCUT2D eigenvalue weighted by atomic mass is 9.67. The molecule has 3 rings (SSSR count). The molecule has 1 fully saturated rings. The highest BCUT2D eigenvalue weighted by molar-refractivity contribution is 6.26. The molecule has 2 aliphatic carbocycles. The summed E-state index contributed by atoms with van der Waals surface area (Å²) in [6.45, 7) is 6.75. The molecule has 0 amide bonds. The molecule has 1 aromatic carbocycles. The number of aliphatic hydroxyl groups excluding tert-OH is 1. The van der Waals surface area contributed by atoms with E-state index < -0.39 is 5.78 Å². The minimum atomic E-state index is -0.409. The monoisotopic (exact) mass is 312 g/mol. The van der Waals surface area contributed by atoms with Crippen LogP contribution in [0, 0.1) is 17.3 Å². The fraction of sp³-hybridized carbons (Fsp3) is 0.500. The van der Waals surface area contributed by atoms with Crippen LogP contribution >= 0.6 is 0 Å². The number of hydrogen-bond acceptors (Lipinski definition) is 3. The number of benzene rings is 1. The van der Waals surface area contributed by atoms with E-state index in [4.69, 9.17) is 0 Å². The van der Waals surface area contributed by atoms with Gasteiger partial charge in [0.1, 0.15) is 0 Å². The van der Waals surface area contributed by atoms with Crippen LogP contribution in [0.5, 0.6) is 0 Å². The molecule has 0 atom stereocenters. The fourth-order valence-electron chi connectivity index (χ4n) is 4.01. The van der Waals surface area contributed by atoms with E-state index in [1.165, 1.54) is 0 Å². The maximum Gasteiger partial charge on any atom is 0.228 e. The van der Waals surface area contributed by atoms with Crippen LogP contribution < -0.4 is 0 Å². The topological polar surface area (TPSA) is 54.4 Å². The number of carbonyl (C=O) groups excluding carboxylic acids is 2. The summed E-state index contributed by atoms with van der Waals surface area (Å²) in [4.78, 5) is 25.2. The Balaban J connectivity index is 1.88. The number of rotatable bonds is 1. The SMILES string of the molecule is CC(C)(C)[C@H]1CC[C@H](C2=C(O)C(=O)c3ccccc3C2=O)CC1. The third-order valence-electron chi connectivity index (χ3n) is 5.49. The van der Waals surface area contributed by atoms with Crippen molar-refractivity contribution in [3.63, 3.8) is 0 Å². The number of hydrogen-bond donors (Lipinski definition) is 1. The molecule has 0 unspecified atom stereocenters. The second-order valence-electron chi connectivity index (χ2n) is 7.88. The zero-order valence-electron chi connectivity index (χ0n) is 14.1. The summed E-state index contributed by atoms with van der Waals surface area (Å²) in [5.74, 6) is -0.278. The van der Waals surface area contributed by atoms with Crippen molar-refractivity contribution in [3.05, 3.63) is 46.7 Å². The number of allylic oxidation sites excluding steroid dienone is 2. The first-order valence-corrected chi connectivity index (χ1v) is 8.42. The van der Waals surface area contributed by atoms with E-state index >= 15 is 0 Å². The minimum absolute atomic E-state index is 0.00148. The Bertz CT molecular complexity index is 683. The van der Waals surface area contributed by atoms with Gasteiger partial charge in [0.2, 0.25) is 5.78 Å². The minimum Gasteiger partial charge on any atom is -0.504 e. The summed E-state index contributed by atoms with van der Waals surface area (Å²) in [6.07, 6.45) is 3.80. The van der Waals surface area contributed by atoms with Gasteiger partial charge >= 0.3 is 0 Å². The van der Waals surface area contributed by atoms with Crippen LogP contribution in [0.15, 0.2) is 35.6 Å². The van der Waals surface area contributed by atoms with Gasteiger partial charge in [-0.2, -0.15) is 0 Å². The van der Waals surface area contributed by atoms with Crippen LogP contribution in [-0.2, 0) is 0 Å². The number of aliphatic hydroxyl groups is 1. The smallest absolute Gasteiger partial charge is 0.228 e. The van der Waals surface area contributed by atoms with Crippen molar-refractivity contribution in [2.75, 3.05) is 0 Å². The van der Waals surface area contributed by atoms with Crippen LogP contribution in [0.25, 0.3) is 0 Å². The van der Waals surface area contributed by atoms with Crippen molar-refractivity contribution in [1.29, 1.82) is 0 Å². The molecule has 0 heterocycles. The van der Waals surface area contributed by atoms with Crippen molar-refractivity contribution < 1.29 is 14.7 Å². The molecule has 0 bridgehead atoms. The molecule has 122 valence electrons. The van der Waals surface area contributed by atoms with E-state index in [0.717, 1.165) is 25.7 Å². The van der Waals surface area contributed by atoms with Crippen LogP contribution in [0.1, 0.15) is 67.2 Å². The molecule has 1 N–H and O–H groups in total. The van der Waals surface area contributed by atoms with E-state index in [1.54, 1.807) is 24.3 Å². The Morgan fingerprint density at radius 1 is 0.913 bits per heavy atom. The molecule has 23 heavy (non-hydrogen) atoms. The van der Waals surface area contributed by atoms with Gasteiger partial charge in [0.15, 0.2) is 11.5 Å². The molecular formula is C20H24O3. The van der Waals surface area contributed by atoms with Gasteiger partial charge in [-0.3, -0.25) is 9.59 Å². The second kappa shape index (κ2) is 5.63. The fourth-order valence-corrected chi connectivity index (χ4v) is 4.01. The van der Waals surface area contributed by atoms with E-state index in [9.17, 15) is 14.7 Å². The molecular weight excluding hydrogens is 288 g/mol.